The van der Waals surface area contributed by atoms with E-state index in [4.69, 9.17) is 0 Å². The molecule has 3 rings (SSSR count). The zero-order valence-electron chi connectivity index (χ0n) is 12.0. The molecule has 0 spiro atoms. The topological polar surface area (TPSA) is 48.7 Å². The van der Waals surface area contributed by atoms with Gasteiger partial charge in [0.15, 0.2) is 0 Å². The van der Waals surface area contributed by atoms with Gasteiger partial charge in [-0.3, -0.25) is 0 Å². The van der Waals surface area contributed by atoms with Crippen molar-refractivity contribution in [3.05, 3.63) is 65.2 Å². The number of nitriles is 1. The minimum Gasteiger partial charge on any atom is -0.340 e. The summed E-state index contributed by atoms with van der Waals surface area (Å²) < 4.78 is 0. The predicted molar refractivity (Wildman–Crippen MR) is 85.7 cm³/mol. The zero-order valence-corrected chi connectivity index (χ0v) is 12.0. The summed E-state index contributed by atoms with van der Waals surface area (Å²) in [6.07, 6.45) is 0. The maximum atomic E-state index is 9.33. The van der Waals surface area contributed by atoms with E-state index in [1.165, 1.54) is 0 Å². The Labute approximate surface area is 123 Å². The monoisotopic (exact) mass is 273 g/mol. The lowest BCUT2D eigenvalue weighted by molar-refractivity contribution is 1.31. The number of hydrogen-bond acceptors (Lipinski definition) is 3. The van der Waals surface area contributed by atoms with Crippen LogP contribution in [0.2, 0.25) is 0 Å². The van der Waals surface area contributed by atoms with Crippen LogP contribution in [0.15, 0.2) is 48.5 Å². The molecule has 0 unspecified atom stereocenters. The van der Waals surface area contributed by atoms with Gasteiger partial charge in [0.2, 0.25) is 0 Å². The van der Waals surface area contributed by atoms with Crippen molar-refractivity contribution >= 4 is 22.4 Å². The smallest absolute Gasteiger partial charge is 0.132 e. The van der Waals surface area contributed by atoms with Gasteiger partial charge >= 0.3 is 0 Å². The minimum atomic E-state index is 0.634. The molecule has 0 radical (unpaired) electrons. The SMILES string of the molecule is Cc1cccc(C)c1Nc1cc(C#N)c2ccccc2n1. The zero-order chi connectivity index (χ0) is 14.8. The summed E-state index contributed by atoms with van der Waals surface area (Å²) in [5.74, 6) is 0.697. The molecule has 3 heteroatoms. The summed E-state index contributed by atoms with van der Waals surface area (Å²) in [6.45, 7) is 4.11. The molecule has 1 heterocycles. The fourth-order valence-corrected chi connectivity index (χ4v) is 2.47. The van der Waals surface area contributed by atoms with Gasteiger partial charge in [0, 0.05) is 11.1 Å². The van der Waals surface area contributed by atoms with Gasteiger partial charge in [0.05, 0.1) is 17.1 Å². The average molecular weight is 273 g/mol. The van der Waals surface area contributed by atoms with Gasteiger partial charge in [-0.15, -0.1) is 0 Å². The Balaban J connectivity index is 2.12. The second-order valence-corrected chi connectivity index (χ2v) is 5.08. The van der Waals surface area contributed by atoms with Crippen LogP contribution in [0, 0.1) is 25.2 Å². The molecule has 3 aromatic rings. The van der Waals surface area contributed by atoms with Crippen molar-refractivity contribution in [2.75, 3.05) is 5.32 Å². The molecule has 0 aliphatic rings. The Morgan fingerprint density at radius 1 is 1.00 bits per heavy atom. The number of para-hydroxylation sites is 2. The van der Waals surface area contributed by atoms with E-state index in [1.807, 2.05) is 30.3 Å². The largest absolute Gasteiger partial charge is 0.340 e. The van der Waals surface area contributed by atoms with Gasteiger partial charge < -0.3 is 5.32 Å². The van der Waals surface area contributed by atoms with Crippen molar-refractivity contribution in [2.45, 2.75) is 13.8 Å². The average Bonchev–Trinajstić information content (AvgIpc) is 2.50. The molecular weight excluding hydrogens is 258 g/mol. The van der Waals surface area contributed by atoms with E-state index in [1.54, 1.807) is 6.07 Å². The Kier molecular flexibility index (Phi) is 3.29. The first kappa shape index (κ1) is 13.1. The lowest BCUT2D eigenvalue weighted by Crippen LogP contribution is -1.99. The molecule has 0 saturated carbocycles. The van der Waals surface area contributed by atoms with Crippen molar-refractivity contribution < 1.29 is 0 Å². The van der Waals surface area contributed by atoms with Crippen molar-refractivity contribution in [1.29, 1.82) is 5.26 Å². The fraction of sp³-hybridized carbons (Fsp3) is 0.111. The molecule has 102 valence electrons. The van der Waals surface area contributed by atoms with Gasteiger partial charge in [-0.25, -0.2) is 4.98 Å². The van der Waals surface area contributed by atoms with Crippen molar-refractivity contribution in [2.24, 2.45) is 0 Å². The Morgan fingerprint density at radius 2 is 1.71 bits per heavy atom. The third-order valence-corrected chi connectivity index (χ3v) is 3.57. The molecule has 2 aromatic carbocycles. The van der Waals surface area contributed by atoms with Crippen LogP contribution < -0.4 is 5.32 Å². The highest BCUT2D eigenvalue weighted by Gasteiger charge is 2.07. The van der Waals surface area contributed by atoms with E-state index in [0.717, 1.165) is 27.7 Å². The van der Waals surface area contributed by atoms with Crippen LogP contribution in [0.25, 0.3) is 10.9 Å². The van der Waals surface area contributed by atoms with Gasteiger partial charge in [0.1, 0.15) is 5.82 Å². The number of rotatable bonds is 2. The Hall–Kier alpha value is -2.86. The van der Waals surface area contributed by atoms with Crippen molar-refractivity contribution in [3.8, 4) is 6.07 Å². The normalized spacial score (nSPS) is 10.3. The highest BCUT2D eigenvalue weighted by molar-refractivity contribution is 5.87. The molecule has 0 aliphatic carbocycles. The first-order valence-electron chi connectivity index (χ1n) is 6.82. The summed E-state index contributed by atoms with van der Waals surface area (Å²) in [5, 5.41) is 13.6. The molecule has 0 aliphatic heterocycles. The van der Waals surface area contributed by atoms with Gasteiger partial charge in [-0.2, -0.15) is 5.26 Å². The standard InChI is InChI=1S/C18H15N3/c1-12-6-5-7-13(2)18(12)21-17-10-14(11-19)15-8-3-4-9-16(15)20-17/h3-10H,1-2H3,(H,20,21). The number of anilines is 2. The number of pyridine rings is 1. The summed E-state index contributed by atoms with van der Waals surface area (Å²) in [4.78, 5) is 4.60. The summed E-state index contributed by atoms with van der Waals surface area (Å²) >= 11 is 0. The van der Waals surface area contributed by atoms with Crippen molar-refractivity contribution in [3.63, 3.8) is 0 Å². The molecule has 0 amide bonds. The summed E-state index contributed by atoms with van der Waals surface area (Å²) in [7, 11) is 0. The van der Waals surface area contributed by atoms with Crippen LogP contribution >= 0.6 is 0 Å². The third kappa shape index (κ3) is 2.44. The minimum absolute atomic E-state index is 0.634. The van der Waals surface area contributed by atoms with Crippen LogP contribution in [0.5, 0.6) is 0 Å². The van der Waals surface area contributed by atoms with Gasteiger partial charge in [-0.1, -0.05) is 36.4 Å². The molecule has 0 fully saturated rings. The summed E-state index contributed by atoms with van der Waals surface area (Å²) in [5.41, 5.74) is 4.82. The fourth-order valence-electron chi connectivity index (χ4n) is 2.47. The van der Waals surface area contributed by atoms with E-state index in [2.05, 4.69) is 42.4 Å². The van der Waals surface area contributed by atoms with Crippen LogP contribution in [-0.4, -0.2) is 4.98 Å². The highest BCUT2D eigenvalue weighted by Crippen LogP contribution is 2.26. The molecule has 0 atom stereocenters. The predicted octanol–water partition coefficient (Wildman–Crippen LogP) is 4.47. The molecule has 0 saturated heterocycles. The number of fused-ring (bicyclic) bond motifs is 1. The lowest BCUT2D eigenvalue weighted by Gasteiger charge is -2.13. The number of nitrogens with zero attached hydrogens (tertiary/aromatic N) is 2. The maximum absolute atomic E-state index is 9.33. The lowest BCUT2D eigenvalue weighted by atomic mass is 10.1. The van der Waals surface area contributed by atoms with E-state index < -0.39 is 0 Å². The number of nitrogens with one attached hydrogen (secondary N) is 1. The second-order valence-electron chi connectivity index (χ2n) is 5.08. The van der Waals surface area contributed by atoms with Crippen LogP contribution in [0.1, 0.15) is 16.7 Å². The molecule has 1 N–H and O–H groups in total. The second kappa shape index (κ2) is 5.26. The van der Waals surface area contributed by atoms with Crippen LogP contribution in [0.3, 0.4) is 0 Å². The van der Waals surface area contributed by atoms with Gasteiger partial charge in [0.25, 0.3) is 0 Å². The molecular formula is C18H15N3. The summed E-state index contributed by atoms with van der Waals surface area (Å²) in [6, 6.07) is 17.9. The maximum Gasteiger partial charge on any atom is 0.132 e. The van der Waals surface area contributed by atoms with E-state index in [9.17, 15) is 5.26 Å². The van der Waals surface area contributed by atoms with Crippen LogP contribution in [-0.2, 0) is 0 Å². The highest BCUT2D eigenvalue weighted by atomic mass is 15.0. The Bertz CT molecular complexity index is 840. The first-order valence-corrected chi connectivity index (χ1v) is 6.82. The first-order chi connectivity index (χ1) is 10.2. The molecule has 21 heavy (non-hydrogen) atoms. The van der Waals surface area contributed by atoms with E-state index in [-0.39, 0.29) is 0 Å². The van der Waals surface area contributed by atoms with E-state index >= 15 is 0 Å². The van der Waals surface area contributed by atoms with Crippen LogP contribution in [0.4, 0.5) is 11.5 Å². The Morgan fingerprint density at radius 3 is 2.43 bits per heavy atom. The molecule has 0 bridgehead atoms. The number of aromatic nitrogens is 1. The molecule has 1 aromatic heterocycles. The number of aryl methyl sites for hydroxylation is 2. The van der Waals surface area contributed by atoms with Gasteiger partial charge in [-0.05, 0) is 37.1 Å². The van der Waals surface area contributed by atoms with E-state index in [0.29, 0.717) is 11.4 Å². The number of benzene rings is 2. The van der Waals surface area contributed by atoms with Crippen molar-refractivity contribution in [1.82, 2.24) is 4.98 Å². The number of hydrogen-bond donors (Lipinski definition) is 1. The third-order valence-electron chi connectivity index (χ3n) is 3.57. The molecule has 3 nitrogen and oxygen atoms in total. The quantitative estimate of drug-likeness (QED) is 0.749.